The van der Waals surface area contributed by atoms with Crippen molar-refractivity contribution in [2.75, 3.05) is 38.1 Å². The highest BCUT2D eigenvalue weighted by atomic mass is 16.2. The third-order valence-electron chi connectivity index (χ3n) is 5.78. The highest BCUT2D eigenvalue weighted by molar-refractivity contribution is 5.98. The molecule has 2 aliphatic heterocycles. The zero-order valence-corrected chi connectivity index (χ0v) is 18.1. The molecule has 164 valence electrons. The van der Waals surface area contributed by atoms with E-state index in [2.05, 4.69) is 27.5 Å². The quantitative estimate of drug-likeness (QED) is 0.440. The molecule has 0 aliphatic carbocycles. The maximum absolute atomic E-state index is 12.6. The Labute approximate surface area is 182 Å². The summed E-state index contributed by atoms with van der Waals surface area (Å²) in [6, 6.07) is 8.21. The van der Waals surface area contributed by atoms with Gasteiger partial charge in [0, 0.05) is 59.4 Å². The predicted molar refractivity (Wildman–Crippen MR) is 118 cm³/mol. The van der Waals surface area contributed by atoms with Crippen molar-refractivity contribution in [2.45, 2.75) is 25.9 Å². The van der Waals surface area contributed by atoms with E-state index < -0.39 is 0 Å². The molecule has 3 heterocycles. The Morgan fingerprint density at radius 3 is 2.48 bits per heavy atom. The van der Waals surface area contributed by atoms with E-state index in [4.69, 9.17) is 0 Å². The van der Waals surface area contributed by atoms with E-state index >= 15 is 0 Å². The van der Waals surface area contributed by atoms with Gasteiger partial charge in [0.05, 0.1) is 11.9 Å². The second kappa shape index (κ2) is 9.20. The second-order valence-electron chi connectivity index (χ2n) is 7.94. The van der Waals surface area contributed by atoms with Crippen molar-refractivity contribution in [3.8, 4) is 0 Å². The summed E-state index contributed by atoms with van der Waals surface area (Å²) in [7, 11) is 3.55. The van der Waals surface area contributed by atoms with Crippen molar-refractivity contribution in [1.82, 2.24) is 24.9 Å². The Hall–Kier alpha value is -3.36. The van der Waals surface area contributed by atoms with Crippen LogP contribution >= 0.6 is 0 Å². The van der Waals surface area contributed by atoms with E-state index in [1.807, 2.05) is 35.2 Å². The van der Waals surface area contributed by atoms with Gasteiger partial charge in [-0.2, -0.15) is 5.10 Å². The van der Waals surface area contributed by atoms with Gasteiger partial charge in [0.25, 0.3) is 0 Å². The van der Waals surface area contributed by atoms with Gasteiger partial charge in [0.15, 0.2) is 5.96 Å². The molecule has 9 heteroatoms. The van der Waals surface area contributed by atoms with E-state index in [9.17, 15) is 9.59 Å². The van der Waals surface area contributed by atoms with Gasteiger partial charge in [-0.3, -0.25) is 19.3 Å². The minimum absolute atomic E-state index is 0.0194. The number of aromatic nitrogens is 2. The first kappa shape index (κ1) is 20.9. The summed E-state index contributed by atoms with van der Waals surface area (Å²) in [6.45, 7) is 3.57. The van der Waals surface area contributed by atoms with Gasteiger partial charge in [0.2, 0.25) is 11.8 Å². The molecule has 1 saturated heterocycles. The molecule has 4 rings (SSSR count). The maximum Gasteiger partial charge on any atom is 0.246 e. The third-order valence-corrected chi connectivity index (χ3v) is 5.78. The molecule has 0 atom stereocenters. The number of hydrogen-bond donors (Lipinski definition) is 1. The van der Waals surface area contributed by atoms with E-state index in [0.29, 0.717) is 51.5 Å². The van der Waals surface area contributed by atoms with Gasteiger partial charge in [-0.25, -0.2) is 0 Å². The SMILES string of the molecule is CN=C(NCCCC(=O)N1Cc2ccccc2C1)N1CCN(c2cnn(C)c2)C(=O)C1. The fraction of sp³-hybridized carbons (Fsp3) is 0.455. The number of guanidine groups is 1. The summed E-state index contributed by atoms with van der Waals surface area (Å²) in [5.74, 6) is 0.888. The minimum Gasteiger partial charge on any atom is -0.356 e. The van der Waals surface area contributed by atoms with Gasteiger partial charge in [-0.05, 0) is 17.5 Å². The Balaban J connectivity index is 1.21. The molecule has 0 bridgehead atoms. The van der Waals surface area contributed by atoms with Crippen molar-refractivity contribution < 1.29 is 9.59 Å². The van der Waals surface area contributed by atoms with Crippen LogP contribution in [0.2, 0.25) is 0 Å². The lowest BCUT2D eigenvalue weighted by Gasteiger charge is -2.35. The number of nitrogens with one attached hydrogen (secondary N) is 1. The normalized spacial score (nSPS) is 16.6. The van der Waals surface area contributed by atoms with E-state index in [0.717, 1.165) is 5.69 Å². The summed E-state index contributed by atoms with van der Waals surface area (Å²) in [5, 5.41) is 7.44. The van der Waals surface area contributed by atoms with Gasteiger partial charge in [-0.15, -0.1) is 0 Å². The molecule has 0 radical (unpaired) electrons. The topological polar surface area (TPSA) is 86.1 Å². The number of aliphatic imine (C=N–C) groups is 1. The molecular formula is C22H29N7O2. The number of aryl methyl sites for hydroxylation is 1. The Morgan fingerprint density at radius 1 is 1.13 bits per heavy atom. The van der Waals surface area contributed by atoms with Crippen molar-refractivity contribution >= 4 is 23.5 Å². The van der Waals surface area contributed by atoms with E-state index in [1.54, 1.807) is 22.8 Å². The largest absolute Gasteiger partial charge is 0.356 e. The third kappa shape index (κ3) is 4.70. The molecule has 2 aliphatic rings. The van der Waals surface area contributed by atoms with Crippen LogP contribution in [0.5, 0.6) is 0 Å². The highest BCUT2D eigenvalue weighted by Crippen LogP contribution is 2.23. The number of anilines is 1. The predicted octanol–water partition coefficient (Wildman–Crippen LogP) is 0.967. The van der Waals surface area contributed by atoms with Crippen molar-refractivity contribution in [1.29, 1.82) is 0 Å². The zero-order valence-electron chi connectivity index (χ0n) is 18.1. The summed E-state index contributed by atoms with van der Waals surface area (Å²) in [6.07, 6.45) is 4.76. The molecule has 0 saturated carbocycles. The number of hydrogen-bond acceptors (Lipinski definition) is 4. The van der Waals surface area contributed by atoms with Gasteiger partial charge < -0.3 is 20.0 Å². The van der Waals surface area contributed by atoms with Crippen molar-refractivity contribution in [3.05, 3.63) is 47.8 Å². The minimum atomic E-state index is 0.0194. The summed E-state index contributed by atoms with van der Waals surface area (Å²) < 4.78 is 1.69. The lowest BCUT2D eigenvalue weighted by molar-refractivity contribution is -0.131. The average Bonchev–Trinajstić information content (AvgIpc) is 3.40. The number of nitrogens with zero attached hydrogens (tertiary/aromatic N) is 6. The molecule has 1 N–H and O–H groups in total. The van der Waals surface area contributed by atoms with Gasteiger partial charge >= 0.3 is 0 Å². The molecule has 1 aromatic heterocycles. The van der Waals surface area contributed by atoms with Crippen LogP contribution in [-0.4, -0.2) is 70.6 Å². The first-order valence-electron chi connectivity index (χ1n) is 10.6. The van der Waals surface area contributed by atoms with Crippen molar-refractivity contribution in [2.24, 2.45) is 12.0 Å². The van der Waals surface area contributed by atoms with Gasteiger partial charge in [0.1, 0.15) is 6.54 Å². The summed E-state index contributed by atoms with van der Waals surface area (Å²) in [5.41, 5.74) is 3.30. The zero-order chi connectivity index (χ0) is 21.8. The lowest BCUT2D eigenvalue weighted by Crippen LogP contribution is -2.55. The summed E-state index contributed by atoms with van der Waals surface area (Å²) in [4.78, 5) is 35.1. The fourth-order valence-corrected chi connectivity index (χ4v) is 4.11. The molecule has 2 amide bonds. The molecule has 0 spiro atoms. The number of rotatable bonds is 5. The monoisotopic (exact) mass is 423 g/mol. The van der Waals surface area contributed by atoms with E-state index in [1.165, 1.54) is 11.1 Å². The number of carbonyl (C=O) groups is 2. The Bertz CT molecular complexity index is 959. The molecular weight excluding hydrogens is 394 g/mol. The summed E-state index contributed by atoms with van der Waals surface area (Å²) >= 11 is 0. The fourth-order valence-electron chi connectivity index (χ4n) is 4.11. The van der Waals surface area contributed by atoms with Crippen LogP contribution in [-0.2, 0) is 29.7 Å². The van der Waals surface area contributed by atoms with Gasteiger partial charge in [-0.1, -0.05) is 24.3 Å². The first-order chi connectivity index (χ1) is 15.0. The molecule has 1 fully saturated rings. The van der Waals surface area contributed by atoms with E-state index in [-0.39, 0.29) is 18.4 Å². The highest BCUT2D eigenvalue weighted by Gasteiger charge is 2.28. The smallest absolute Gasteiger partial charge is 0.246 e. The Kier molecular flexibility index (Phi) is 6.20. The second-order valence-corrected chi connectivity index (χ2v) is 7.94. The van der Waals surface area contributed by atoms with Crippen LogP contribution in [0.4, 0.5) is 5.69 Å². The van der Waals surface area contributed by atoms with Crippen LogP contribution in [0, 0.1) is 0 Å². The van der Waals surface area contributed by atoms with Crippen LogP contribution in [0.3, 0.4) is 0 Å². The van der Waals surface area contributed by atoms with Crippen LogP contribution < -0.4 is 10.2 Å². The number of carbonyl (C=O) groups excluding carboxylic acids is 2. The number of benzene rings is 1. The molecule has 1 aromatic carbocycles. The van der Waals surface area contributed by atoms with Crippen LogP contribution in [0.25, 0.3) is 0 Å². The lowest BCUT2D eigenvalue weighted by atomic mass is 10.1. The van der Waals surface area contributed by atoms with Crippen LogP contribution in [0.1, 0.15) is 24.0 Å². The number of piperazine rings is 1. The van der Waals surface area contributed by atoms with Crippen LogP contribution in [0.15, 0.2) is 41.7 Å². The maximum atomic E-state index is 12.6. The molecule has 0 unspecified atom stereocenters. The first-order valence-corrected chi connectivity index (χ1v) is 10.6. The van der Waals surface area contributed by atoms with Crippen molar-refractivity contribution in [3.63, 3.8) is 0 Å². The molecule has 31 heavy (non-hydrogen) atoms. The molecule has 2 aromatic rings. The number of fused-ring (bicyclic) bond motifs is 1. The Morgan fingerprint density at radius 2 is 1.87 bits per heavy atom. The molecule has 9 nitrogen and oxygen atoms in total. The number of amides is 2. The standard InChI is InChI=1S/C22H29N7O2/c1-23-22(27-10-11-29(21(31)16-27)19-12-25-26(2)15-19)24-9-5-8-20(30)28-13-17-6-3-4-7-18(17)14-28/h3-4,6-7,12,15H,5,8-11,13-14,16H2,1-2H3,(H,23,24). The average molecular weight is 424 g/mol.